The van der Waals surface area contributed by atoms with E-state index < -0.39 is 0 Å². The van der Waals surface area contributed by atoms with Crippen LogP contribution >= 0.6 is 12.4 Å². The van der Waals surface area contributed by atoms with Gasteiger partial charge in [-0.3, -0.25) is 9.88 Å². The minimum Gasteiger partial charge on any atom is -0.329 e. The van der Waals surface area contributed by atoms with Crippen LogP contribution in [0, 0.1) is 6.92 Å². The number of nitrogens with zero attached hydrogens (tertiary/aromatic N) is 2. The standard InChI is InChI=1S/C13H21N3.ClH/c1-11-5-6-15-9-12(11)10-16-7-3-2-4-13(16)8-14;/h5-6,9,13H,2-4,7-8,10,14H2,1H3;1H. The van der Waals surface area contributed by atoms with Crippen molar-refractivity contribution in [3.05, 3.63) is 29.6 Å². The fourth-order valence-electron chi connectivity index (χ4n) is 2.42. The van der Waals surface area contributed by atoms with Gasteiger partial charge in [-0.2, -0.15) is 0 Å². The number of pyridine rings is 1. The molecule has 1 atom stereocenters. The fourth-order valence-corrected chi connectivity index (χ4v) is 2.42. The molecule has 1 aromatic heterocycles. The van der Waals surface area contributed by atoms with Crippen molar-refractivity contribution in [3.8, 4) is 0 Å². The monoisotopic (exact) mass is 255 g/mol. The minimum absolute atomic E-state index is 0. The lowest BCUT2D eigenvalue weighted by molar-refractivity contribution is 0.144. The molecule has 0 aromatic carbocycles. The van der Waals surface area contributed by atoms with E-state index in [9.17, 15) is 0 Å². The first kappa shape index (κ1) is 14.4. The molecule has 0 aliphatic carbocycles. The fraction of sp³-hybridized carbons (Fsp3) is 0.615. The molecule has 1 aliphatic heterocycles. The first-order chi connectivity index (χ1) is 7.81. The molecule has 1 unspecified atom stereocenters. The molecule has 2 rings (SSSR count). The zero-order chi connectivity index (χ0) is 11.4. The summed E-state index contributed by atoms with van der Waals surface area (Å²) in [7, 11) is 0. The highest BCUT2D eigenvalue weighted by atomic mass is 35.5. The van der Waals surface area contributed by atoms with E-state index in [0.717, 1.165) is 13.1 Å². The number of aryl methyl sites for hydroxylation is 1. The van der Waals surface area contributed by atoms with E-state index in [0.29, 0.717) is 6.04 Å². The Bertz CT molecular complexity index is 343. The first-order valence-corrected chi connectivity index (χ1v) is 6.15. The van der Waals surface area contributed by atoms with Crippen molar-refractivity contribution >= 4 is 12.4 Å². The lowest BCUT2D eigenvalue weighted by Crippen LogP contribution is -2.43. The summed E-state index contributed by atoms with van der Waals surface area (Å²) < 4.78 is 0. The van der Waals surface area contributed by atoms with Crippen molar-refractivity contribution in [2.75, 3.05) is 13.1 Å². The molecule has 2 N–H and O–H groups in total. The van der Waals surface area contributed by atoms with E-state index in [-0.39, 0.29) is 12.4 Å². The molecule has 0 spiro atoms. The van der Waals surface area contributed by atoms with E-state index in [1.165, 1.54) is 36.9 Å². The highest BCUT2D eigenvalue weighted by Gasteiger charge is 2.21. The molecule has 2 heterocycles. The van der Waals surface area contributed by atoms with Gasteiger partial charge in [-0.25, -0.2) is 0 Å². The Morgan fingerprint density at radius 2 is 2.29 bits per heavy atom. The summed E-state index contributed by atoms with van der Waals surface area (Å²) in [5.74, 6) is 0. The zero-order valence-electron chi connectivity index (χ0n) is 10.4. The number of aromatic nitrogens is 1. The maximum Gasteiger partial charge on any atom is 0.0315 e. The number of hydrogen-bond donors (Lipinski definition) is 1. The van der Waals surface area contributed by atoms with Crippen molar-refractivity contribution in [1.82, 2.24) is 9.88 Å². The van der Waals surface area contributed by atoms with E-state index in [1.807, 2.05) is 12.4 Å². The van der Waals surface area contributed by atoms with Gasteiger partial charge in [0.1, 0.15) is 0 Å². The smallest absolute Gasteiger partial charge is 0.0315 e. The van der Waals surface area contributed by atoms with Gasteiger partial charge in [0.05, 0.1) is 0 Å². The molecular weight excluding hydrogens is 234 g/mol. The van der Waals surface area contributed by atoms with Crippen LogP contribution in [0.3, 0.4) is 0 Å². The molecule has 96 valence electrons. The third-order valence-corrected chi connectivity index (χ3v) is 3.54. The Morgan fingerprint density at radius 3 is 3.00 bits per heavy atom. The van der Waals surface area contributed by atoms with Crippen LogP contribution in [0.2, 0.25) is 0 Å². The van der Waals surface area contributed by atoms with Crippen LogP contribution in [0.5, 0.6) is 0 Å². The number of hydrogen-bond acceptors (Lipinski definition) is 3. The summed E-state index contributed by atoms with van der Waals surface area (Å²) in [4.78, 5) is 6.71. The van der Waals surface area contributed by atoms with Gasteiger partial charge in [0, 0.05) is 31.5 Å². The third kappa shape index (κ3) is 3.66. The lowest BCUT2D eigenvalue weighted by atomic mass is 10.0. The van der Waals surface area contributed by atoms with Gasteiger partial charge in [0.2, 0.25) is 0 Å². The molecule has 3 nitrogen and oxygen atoms in total. The van der Waals surface area contributed by atoms with Crippen molar-refractivity contribution < 1.29 is 0 Å². The van der Waals surface area contributed by atoms with Crippen molar-refractivity contribution in [2.24, 2.45) is 5.73 Å². The third-order valence-electron chi connectivity index (χ3n) is 3.54. The Kier molecular flexibility index (Phi) is 5.89. The Balaban J connectivity index is 0.00000144. The summed E-state index contributed by atoms with van der Waals surface area (Å²) in [6, 6.07) is 2.64. The van der Waals surface area contributed by atoms with Gasteiger partial charge in [-0.15, -0.1) is 12.4 Å². The summed E-state index contributed by atoms with van der Waals surface area (Å²) in [6.45, 7) is 5.11. The number of rotatable bonds is 3. The first-order valence-electron chi connectivity index (χ1n) is 6.15. The number of piperidine rings is 1. The molecule has 1 saturated heterocycles. The Morgan fingerprint density at radius 1 is 1.47 bits per heavy atom. The number of halogens is 1. The van der Waals surface area contributed by atoms with Gasteiger partial charge >= 0.3 is 0 Å². The van der Waals surface area contributed by atoms with Gasteiger partial charge in [-0.05, 0) is 43.5 Å². The van der Waals surface area contributed by atoms with Crippen LogP contribution in [0.25, 0.3) is 0 Å². The van der Waals surface area contributed by atoms with E-state index in [2.05, 4.69) is 22.9 Å². The largest absolute Gasteiger partial charge is 0.329 e. The van der Waals surface area contributed by atoms with E-state index in [4.69, 9.17) is 5.73 Å². The van der Waals surface area contributed by atoms with Crippen LogP contribution in [-0.4, -0.2) is 29.0 Å². The van der Waals surface area contributed by atoms with Crippen molar-refractivity contribution in [3.63, 3.8) is 0 Å². The minimum atomic E-state index is 0. The lowest BCUT2D eigenvalue weighted by Gasteiger charge is -2.35. The topological polar surface area (TPSA) is 42.2 Å². The maximum absolute atomic E-state index is 5.83. The molecule has 1 fully saturated rings. The normalized spacial score (nSPS) is 20.9. The van der Waals surface area contributed by atoms with E-state index >= 15 is 0 Å². The van der Waals surface area contributed by atoms with Gasteiger partial charge < -0.3 is 5.73 Å². The molecule has 1 aromatic rings. The zero-order valence-corrected chi connectivity index (χ0v) is 11.2. The summed E-state index contributed by atoms with van der Waals surface area (Å²) >= 11 is 0. The highest BCUT2D eigenvalue weighted by molar-refractivity contribution is 5.85. The predicted molar refractivity (Wildman–Crippen MR) is 73.3 cm³/mol. The second-order valence-electron chi connectivity index (χ2n) is 4.66. The predicted octanol–water partition coefficient (Wildman–Crippen LogP) is 2.13. The van der Waals surface area contributed by atoms with Gasteiger partial charge in [0.25, 0.3) is 0 Å². The average Bonchev–Trinajstić information content (AvgIpc) is 2.33. The van der Waals surface area contributed by atoms with Crippen LogP contribution in [0.4, 0.5) is 0 Å². The highest BCUT2D eigenvalue weighted by Crippen LogP contribution is 2.19. The van der Waals surface area contributed by atoms with Gasteiger partial charge in [-0.1, -0.05) is 6.42 Å². The SMILES string of the molecule is Cc1ccncc1CN1CCCCC1CN.Cl. The molecular formula is C13H22ClN3. The van der Waals surface area contributed by atoms with Crippen LogP contribution in [-0.2, 0) is 6.54 Å². The number of nitrogens with two attached hydrogens (primary N) is 1. The average molecular weight is 256 g/mol. The Hall–Kier alpha value is -0.640. The molecule has 17 heavy (non-hydrogen) atoms. The number of likely N-dealkylation sites (tertiary alicyclic amines) is 1. The van der Waals surface area contributed by atoms with E-state index in [1.54, 1.807) is 0 Å². The second-order valence-corrected chi connectivity index (χ2v) is 4.66. The molecule has 0 bridgehead atoms. The Labute approximate surface area is 110 Å². The van der Waals surface area contributed by atoms with Gasteiger partial charge in [0.15, 0.2) is 0 Å². The maximum atomic E-state index is 5.83. The van der Waals surface area contributed by atoms with Crippen LogP contribution in [0.1, 0.15) is 30.4 Å². The quantitative estimate of drug-likeness (QED) is 0.900. The molecule has 0 radical (unpaired) electrons. The summed E-state index contributed by atoms with van der Waals surface area (Å²) in [5.41, 5.74) is 8.49. The molecule has 1 aliphatic rings. The summed E-state index contributed by atoms with van der Waals surface area (Å²) in [5, 5.41) is 0. The van der Waals surface area contributed by atoms with Crippen molar-refractivity contribution in [2.45, 2.75) is 38.8 Å². The molecule has 4 heteroatoms. The van der Waals surface area contributed by atoms with Crippen LogP contribution < -0.4 is 5.73 Å². The molecule has 0 amide bonds. The van der Waals surface area contributed by atoms with Crippen LogP contribution in [0.15, 0.2) is 18.5 Å². The van der Waals surface area contributed by atoms with Crippen molar-refractivity contribution in [1.29, 1.82) is 0 Å². The molecule has 0 saturated carbocycles. The second kappa shape index (κ2) is 6.94. The summed E-state index contributed by atoms with van der Waals surface area (Å²) in [6.07, 6.45) is 7.71.